The van der Waals surface area contributed by atoms with Gasteiger partial charge in [-0.15, -0.1) is 0 Å². The number of nitro benzene ring substituents is 1. The molecule has 1 aliphatic rings. The Balaban J connectivity index is 1.86. The highest BCUT2D eigenvalue weighted by Crippen LogP contribution is 2.23. The largest absolute Gasteiger partial charge is 0.452 e. The second kappa shape index (κ2) is 9.71. The third-order valence-corrected chi connectivity index (χ3v) is 4.55. The van der Waals surface area contributed by atoms with Crippen molar-refractivity contribution < 1.29 is 33.2 Å². The highest BCUT2D eigenvalue weighted by Gasteiger charge is 2.32. The fourth-order valence-corrected chi connectivity index (χ4v) is 2.92. The summed E-state index contributed by atoms with van der Waals surface area (Å²) in [5.41, 5.74) is -1.38. The van der Waals surface area contributed by atoms with Crippen LogP contribution in [0, 0.1) is 21.8 Å². The number of nitrogens with one attached hydrogen (secondary N) is 1. The lowest BCUT2D eigenvalue weighted by Crippen LogP contribution is -2.43. The molecule has 10 nitrogen and oxygen atoms in total. The molecule has 170 valence electrons. The zero-order valence-electron chi connectivity index (χ0n) is 17.8. The van der Waals surface area contributed by atoms with Crippen LogP contribution in [0.3, 0.4) is 0 Å². The van der Waals surface area contributed by atoms with Crippen molar-refractivity contribution in [2.45, 2.75) is 52.2 Å². The third kappa shape index (κ3) is 6.90. The van der Waals surface area contributed by atoms with Gasteiger partial charge in [-0.05, 0) is 52.7 Å². The third-order valence-electron chi connectivity index (χ3n) is 4.55. The van der Waals surface area contributed by atoms with Gasteiger partial charge in [-0.25, -0.2) is 4.79 Å². The Bertz CT molecular complexity index is 861. The SMILES string of the molecule is CC(OC(=O)C1CCN(C(=O)OC(C)(C)C)CC1)C(=O)Nc1ccc(F)c([N+](=O)[O-])c1. The molecule has 0 aliphatic carbocycles. The summed E-state index contributed by atoms with van der Waals surface area (Å²) in [5.74, 6) is -2.78. The van der Waals surface area contributed by atoms with Crippen molar-refractivity contribution in [1.82, 2.24) is 4.90 Å². The number of rotatable bonds is 5. The number of benzene rings is 1. The van der Waals surface area contributed by atoms with Crippen molar-refractivity contribution in [2.24, 2.45) is 5.92 Å². The first-order valence-corrected chi connectivity index (χ1v) is 9.80. The van der Waals surface area contributed by atoms with Crippen LogP contribution in [0.5, 0.6) is 0 Å². The van der Waals surface area contributed by atoms with E-state index < -0.39 is 52.0 Å². The number of nitrogens with zero attached hydrogens (tertiary/aromatic N) is 2. The van der Waals surface area contributed by atoms with Crippen molar-refractivity contribution in [1.29, 1.82) is 0 Å². The molecule has 0 spiro atoms. The monoisotopic (exact) mass is 439 g/mol. The van der Waals surface area contributed by atoms with Crippen molar-refractivity contribution >= 4 is 29.3 Å². The van der Waals surface area contributed by atoms with Crippen molar-refractivity contribution in [3.8, 4) is 0 Å². The Labute approximate surface area is 178 Å². The Morgan fingerprint density at radius 3 is 2.42 bits per heavy atom. The number of halogens is 1. The summed E-state index contributed by atoms with van der Waals surface area (Å²) >= 11 is 0. The van der Waals surface area contributed by atoms with Crippen LogP contribution >= 0.6 is 0 Å². The summed E-state index contributed by atoms with van der Waals surface area (Å²) in [4.78, 5) is 48.1. The lowest BCUT2D eigenvalue weighted by molar-refractivity contribution is -0.387. The van der Waals surface area contributed by atoms with E-state index >= 15 is 0 Å². The van der Waals surface area contributed by atoms with Crippen LogP contribution in [-0.4, -0.2) is 52.6 Å². The van der Waals surface area contributed by atoms with E-state index in [-0.39, 0.29) is 5.69 Å². The summed E-state index contributed by atoms with van der Waals surface area (Å²) < 4.78 is 23.9. The number of carbonyl (C=O) groups is 3. The van der Waals surface area contributed by atoms with Gasteiger partial charge in [0.25, 0.3) is 5.91 Å². The molecule has 1 fully saturated rings. The molecular weight excluding hydrogens is 413 g/mol. The van der Waals surface area contributed by atoms with Gasteiger partial charge in [0.05, 0.1) is 10.8 Å². The average Bonchev–Trinajstić information content (AvgIpc) is 2.67. The van der Waals surface area contributed by atoms with Gasteiger partial charge in [0.15, 0.2) is 6.10 Å². The fraction of sp³-hybridized carbons (Fsp3) is 0.550. The zero-order chi connectivity index (χ0) is 23.3. The molecule has 2 rings (SSSR count). The predicted molar refractivity (Wildman–Crippen MR) is 108 cm³/mol. The molecule has 0 radical (unpaired) electrons. The molecule has 1 atom stereocenters. The summed E-state index contributed by atoms with van der Waals surface area (Å²) in [5, 5.41) is 13.2. The summed E-state index contributed by atoms with van der Waals surface area (Å²) in [6, 6.07) is 2.91. The topological polar surface area (TPSA) is 128 Å². The van der Waals surface area contributed by atoms with E-state index in [1.165, 1.54) is 17.9 Å². The van der Waals surface area contributed by atoms with Crippen LogP contribution < -0.4 is 5.32 Å². The van der Waals surface area contributed by atoms with Crippen LogP contribution in [0.2, 0.25) is 0 Å². The molecule has 0 aromatic heterocycles. The minimum atomic E-state index is -1.17. The highest BCUT2D eigenvalue weighted by molar-refractivity contribution is 5.95. The Kier molecular flexibility index (Phi) is 7.53. The van der Waals surface area contributed by atoms with Crippen LogP contribution in [0.4, 0.5) is 20.6 Å². The lowest BCUT2D eigenvalue weighted by atomic mass is 9.97. The van der Waals surface area contributed by atoms with Crippen LogP contribution in [0.1, 0.15) is 40.5 Å². The van der Waals surface area contributed by atoms with E-state index in [0.29, 0.717) is 25.9 Å². The molecule has 1 heterocycles. The smallest absolute Gasteiger partial charge is 0.410 e. The molecule has 11 heteroatoms. The van der Waals surface area contributed by atoms with Crippen LogP contribution in [0.15, 0.2) is 18.2 Å². The number of likely N-dealkylation sites (tertiary alicyclic amines) is 1. The lowest BCUT2D eigenvalue weighted by Gasteiger charge is -2.32. The maximum absolute atomic E-state index is 13.4. The van der Waals surface area contributed by atoms with Crippen molar-refractivity contribution in [3.05, 3.63) is 34.1 Å². The van der Waals surface area contributed by atoms with Crippen LogP contribution in [-0.2, 0) is 19.1 Å². The molecule has 31 heavy (non-hydrogen) atoms. The fourth-order valence-electron chi connectivity index (χ4n) is 2.92. The zero-order valence-corrected chi connectivity index (χ0v) is 17.8. The maximum atomic E-state index is 13.4. The van der Waals surface area contributed by atoms with Crippen molar-refractivity contribution in [3.63, 3.8) is 0 Å². The van der Waals surface area contributed by atoms with E-state index in [2.05, 4.69) is 5.32 Å². The molecule has 0 saturated carbocycles. The number of nitro groups is 1. The standard InChI is InChI=1S/C20H26FN3O7/c1-12(17(25)22-14-5-6-15(21)16(11-14)24(28)29)30-18(26)13-7-9-23(10-8-13)19(27)31-20(2,3)4/h5-6,11-13H,7-10H2,1-4H3,(H,22,25). The van der Waals surface area contributed by atoms with Crippen LogP contribution in [0.25, 0.3) is 0 Å². The number of amides is 2. The normalized spacial score (nSPS) is 15.7. The molecule has 1 unspecified atom stereocenters. The Hall–Kier alpha value is -3.24. The first kappa shape index (κ1) is 24.0. The molecule has 0 bridgehead atoms. The number of ether oxygens (including phenoxy) is 2. The van der Waals surface area contributed by atoms with E-state index in [1.54, 1.807) is 20.8 Å². The molecular formula is C20H26FN3O7. The average molecular weight is 439 g/mol. The van der Waals surface area contributed by atoms with Gasteiger partial charge in [-0.2, -0.15) is 4.39 Å². The summed E-state index contributed by atoms with van der Waals surface area (Å²) in [6.45, 7) is 7.33. The number of anilines is 1. The molecule has 1 aromatic rings. The minimum absolute atomic E-state index is 0.00617. The Morgan fingerprint density at radius 2 is 1.87 bits per heavy atom. The van der Waals surface area contributed by atoms with E-state index in [1.807, 2.05) is 0 Å². The highest BCUT2D eigenvalue weighted by atomic mass is 19.1. The molecule has 1 aliphatic heterocycles. The van der Waals surface area contributed by atoms with Gasteiger partial charge in [-0.3, -0.25) is 19.7 Å². The number of piperidine rings is 1. The van der Waals surface area contributed by atoms with Gasteiger partial charge >= 0.3 is 17.7 Å². The summed E-state index contributed by atoms with van der Waals surface area (Å²) in [6.07, 6.45) is -0.867. The molecule has 1 saturated heterocycles. The second-order valence-electron chi connectivity index (χ2n) is 8.23. The number of hydrogen-bond acceptors (Lipinski definition) is 7. The van der Waals surface area contributed by atoms with Gasteiger partial charge in [0.1, 0.15) is 5.60 Å². The first-order chi connectivity index (χ1) is 14.4. The first-order valence-electron chi connectivity index (χ1n) is 9.80. The van der Waals surface area contributed by atoms with E-state index in [4.69, 9.17) is 9.47 Å². The van der Waals surface area contributed by atoms with E-state index in [9.17, 15) is 28.9 Å². The number of carbonyl (C=O) groups excluding carboxylic acids is 3. The minimum Gasteiger partial charge on any atom is -0.452 e. The number of hydrogen-bond donors (Lipinski definition) is 1. The predicted octanol–water partition coefficient (Wildman–Crippen LogP) is 3.25. The van der Waals surface area contributed by atoms with Crippen molar-refractivity contribution in [2.75, 3.05) is 18.4 Å². The summed E-state index contributed by atoms with van der Waals surface area (Å²) in [7, 11) is 0. The molecule has 1 aromatic carbocycles. The van der Waals surface area contributed by atoms with Gasteiger partial charge in [-0.1, -0.05) is 0 Å². The number of esters is 1. The van der Waals surface area contributed by atoms with Gasteiger partial charge in [0.2, 0.25) is 5.82 Å². The maximum Gasteiger partial charge on any atom is 0.410 e. The quantitative estimate of drug-likeness (QED) is 0.424. The van der Waals surface area contributed by atoms with E-state index in [0.717, 1.165) is 12.1 Å². The second-order valence-corrected chi connectivity index (χ2v) is 8.23. The van der Waals surface area contributed by atoms with Gasteiger partial charge in [0, 0.05) is 24.8 Å². The molecule has 2 amide bonds. The van der Waals surface area contributed by atoms with Gasteiger partial charge < -0.3 is 19.7 Å². The molecule has 1 N–H and O–H groups in total. The Morgan fingerprint density at radius 1 is 1.26 bits per heavy atom.